The molecular weight excluding hydrogens is 179 g/mol. The van der Waals surface area contributed by atoms with E-state index in [2.05, 4.69) is 0 Å². The number of carbonyl (C=O) groups is 1. The molecule has 29 valence electrons. The third-order valence-electron chi connectivity index (χ3n) is 0.154. The topological polar surface area (TPSA) is 17.1 Å². The maximum atomic E-state index is 9.75. The van der Waals surface area contributed by atoms with Crippen molar-refractivity contribution in [2.45, 2.75) is 6.92 Å². The molecule has 5 heavy (non-hydrogen) atoms. The second-order valence-corrected chi connectivity index (χ2v) is 1.34. The Morgan fingerprint density at radius 3 is 2.20 bits per heavy atom. The molecule has 0 aromatic rings. The van der Waals surface area contributed by atoms with Gasteiger partial charge in [-0.25, -0.2) is 0 Å². The Morgan fingerprint density at radius 1 is 2.00 bits per heavy atom. The number of hydrogen-bond donors (Lipinski definition) is 0. The molecule has 0 N–H and O–H groups in total. The molecule has 0 aliphatic rings. The largest absolute Gasteiger partial charge is 0.299 e. The molecule has 0 aromatic heterocycles. The lowest BCUT2D eigenvalue weighted by Crippen LogP contribution is -1.78. The second-order valence-electron chi connectivity index (χ2n) is 0.720. The van der Waals surface area contributed by atoms with Crippen LogP contribution in [0.25, 0.3) is 0 Å². The van der Waals surface area contributed by atoms with Crippen LogP contribution in [-0.4, -0.2) is 5.78 Å². The van der Waals surface area contributed by atoms with Gasteiger partial charge < -0.3 is 0 Å². The molecule has 0 unspecified atom stereocenters. The summed E-state index contributed by atoms with van der Waals surface area (Å²) >= 11 is 1.90. The number of halogens is 1. The zero-order chi connectivity index (χ0) is 4.28. The van der Waals surface area contributed by atoms with Crippen molar-refractivity contribution in [1.82, 2.24) is 0 Å². The highest BCUT2D eigenvalue weighted by molar-refractivity contribution is 14.1. The standard InChI is InChI=1S/C3H4IO/c1-3(5)2-4/h2H,1H3. The molecule has 0 atom stereocenters. The molecular formula is C3H4IO. The van der Waals surface area contributed by atoms with E-state index in [4.69, 9.17) is 0 Å². The molecule has 0 aromatic carbocycles. The van der Waals surface area contributed by atoms with E-state index in [1.54, 1.807) is 0 Å². The van der Waals surface area contributed by atoms with Gasteiger partial charge in [0.25, 0.3) is 0 Å². The van der Waals surface area contributed by atoms with E-state index in [1.807, 2.05) is 22.6 Å². The van der Waals surface area contributed by atoms with Gasteiger partial charge in [-0.1, -0.05) is 22.6 Å². The molecule has 0 fully saturated rings. The van der Waals surface area contributed by atoms with Gasteiger partial charge >= 0.3 is 0 Å². The van der Waals surface area contributed by atoms with E-state index in [0.717, 1.165) is 0 Å². The smallest absolute Gasteiger partial charge is 0.144 e. The van der Waals surface area contributed by atoms with Crippen molar-refractivity contribution in [3.05, 3.63) is 4.43 Å². The van der Waals surface area contributed by atoms with Crippen LogP contribution in [0.1, 0.15) is 6.92 Å². The van der Waals surface area contributed by atoms with Gasteiger partial charge in [0.15, 0.2) is 0 Å². The van der Waals surface area contributed by atoms with Crippen LogP contribution in [0.2, 0.25) is 0 Å². The van der Waals surface area contributed by atoms with Crippen LogP contribution in [0.5, 0.6) is 0 Å². The molecule has 0 aliphatic carbocycles. The summed E-state index contributed by atoms with van der Waals surface area (Å²) in [6.45, 7) is 1.52. The summed E-state index contributed by atoms with van der Waals surface area (Å²) in [6.07, 6.45) is 0. The van der Waals surface area contributed by atoms with Crippen molar-refractivity contribution in [2.24, 2.45) is 0 Å². The maximum Gasteiger partial charge on any atom is 0.144 e. The van der Waals surface area contributed by atoms with Gasteiger partial charge in [-0.3, -0.25) is 4.79 Å². The summed E-state index contributed by atoms with van der Waals surface area (Å²) < 4.78 is 1.50. The predicted octanol–water partition coefficient (Wildman–Crippen LogP) is 1.17. The average molecular weight is 183 g/mol. The predicted molar refractivity (Wildman–Crippen MR) is 29.0 cm³/mol. The third-order valence-corrected chi connectivity index (χ3v) is 1.03. The maximum absolute atomic E-state index is 9.75. The Kier molecular flexibility index (Phi) is 2.84. The van der Waals surface area contributed by atoms with E-state index in [-0.39, 0.29) is 5.78 Å². The first-order valence-electron chi connectivity index (χ1n) is 1.21. The fraction of sp³-hybridized carbons (Fsp3) is 0.333. The van der Waals surface area contributed by atoms with Gasteiger partial charge in [0.2, 0.25) is 0 Å². The van der Waals surface area contributed by atoms with Gasteiger partial charge in [0.05, 0.1) is 4.43 Å². The molecule has 0 heterocycles. The van der Waals surface area contributed by atoms with Crippen LogP contribution >= 0.6 is 22.6 Å². The highest BCUT2D eigenvalue weighted by Crippen LogP contribution is 1.87. The molecule has 0 rings (SSSR count). The van der Waals surface area contributed by atoms with Gasteiger partial charge in [-0.15, -0.1) is 0 Å². The van der Waals surface area contributed by atoms with Crippen molar-refractivity contribution < 1.29 is 4.79 Å². The van der Waals surface area contributed by atoms with Crippen LogP contribution in [0.3, 0.4) is 0 Å². The molecule has 2 heteroatoms. The second kappa shape index (κ2) is 2.63. The van der Waals surface area contributed by atoms with E-state index in [9.17, 15) is 4.79 Å². The first kappa shape index (κ1) is 5.40. The summed E-state index contributed by atoms with van der Waals surface area (Å²) in [7, 11) is 0. The van der Waals surface area contributed by atoms with E-state index >= 15 is 0 Å². The number of ketones is 1. The van der Waals surface area contributed by atoms with Crippen molar-refractivity contribution >= 4 is 28.4 Å². The Balaban J connectivity index is 2.85. The van der Waals surface area contributed by atoms with Crippen molar-refractivity contribution in [1.29, 1.82) is 0 Å². The summed E-state index contributed by atoms with van der Waals surface area (Å²) in [6, 6.07) is 0. The molecule has 0 aliphatic heterocycles. The highest BCUT2D eigenvalue weighted by Gasteiger charge is 1.80. The summed E-state index contributed by atoms with van der Waals surface area (Å²) in [4.78, 5) is 9.75. The van der Waals surface area contributed by atoms with Crippen molar-refractivity contribution in [2.75, 3.05) is 0 Å². The lowest BCUT2D eigenvalue weighted by molar-refractivity contribution is -0.113. The third kappa shape index (κ3) is 4.40. The van der Waals surface area contributed by atoms with Crippen LogP contribution in [0.15, 0.2) is 0 Å². The minimum Gasteiger partial charge on any atom is -0.299 e. The quantitative estimate of drug-likeness (QED) is 0.557. The lowest BCUT2D eigenvalue weighted by Gasteiger charge is -1.68. The first-order chi connectivity index (χ1) is 2.27. The van der Waals surface area contributed by atoms with E-state index in [0.29, 0.717) is 0 Å². The van der Waals surface area contributed by atoms with E-state index < -0.39 is 0 Å². The Hall–Kier alpha value is 0.400. The van der Waals surface area contributed by atoms with Crippen molar-refractivity contribution in [3.63, 3.8) is 0 Å². The number of rotatable bonds is 1. The Morgan fingerprint density at radius 2 is 2.20 bits per heavy atom. The van der Waals surface area contributed by atoms with Crippen LogP contribution in [0, 0.1) is 4.43 Å². The zero-order valence-corrected chi connectivity index (χ0v) is 5.02. The lowest BCUT2D eigenvalue weighted by atomic mass is 10.5. The Labute approximate surface area is 44.9 Å². The fourth-order valence-electron chi connectivity index (χ4n) is 0. The molecule has 0 bridgehead atoms. The zero-order valence-electron chi connectivity index (χ0n) is 2.86. The molecule has 0 spiro atoms. The van der Waals surface area contributed by atoms with Crippen LogP contribution < -0.4 is 0 Å². The minimum atomic E-state index is 0.116. The van der Waals surface area contributed by atoms with Gasteiger partial charge in [0, 0.05) is 0 Å². The summed E-state index contributed by atoms with van der Waals surface area (Å²) in [5, 5.41) is 0. The molecule has 1 radical (unpaired) electrons. The highest BCUT2D eigenvalue weighted by atomic mass is 127. The molecule has 1 nitrogen and oxygen atoms in total. The Bertz CT molecular complexity index is 42.2. The van der Waals surface area contributed by atoms with Gasteiger partial charge in [0.1, 0.15) is 5.78 Å². The summed E-state index contributed by atoms with van der Waals surface area (Å²) in [5.41, 5.74) is 0. The molecule has 0 saturated carbocycles. The monoisotopic (exact) mass is 183 g/mol. The van der Waals surface area contributed by atoms with Crippen molar-refractivity contribution in [3.8, 4) is 0 Å². The normalized spacial score (nSPS) is 7.60. The molecule has 0 saturated heterocycles. The average Bonchev–Trinajstić information content (AvgIpc) is 1.38. The number of carbonyl (C=O) groups excluding carboxylic acids is 1. The minimum absolute atomic E-state index is 0.116. The van der Waals surface area contributed by atoms with Gasteiger partial charge in [-0.05, 0) is 6.92 Å². The van der Waals surface area contributed by atoms with E-state index in [1.165, 1.54) is 11.4 Å². The SMILES string of the molecule is CC(=O)[CH]I. The fourth-order valence-corrected chi connectivity index (χ4v) is 0. The first-order valence-corrected chi connectivity index (χ1v) is 2.46. The van der Waals surface area contributed by atoms with Crippen LogP contribution in [-0.2, 0) is 4.79 Å². The summed E-state index contributed by atoms with van der Waals surface area (Å²) in [5.74, 6) is 0.116. The van der Waals surface area contributed by atoms with Crippen LogP contribution in [0.4, 0.5) is 0 Å². The number of hydrogen-bond acceptors (Lipinski definition) is 1. The molecule has 0 amide bonds. The van der Waals surface area contributed by atoms with Gasteiger partial charge in [-0.2, -0.15) is 0 Å². The number of Topliss-reactive ketones (excluding diaryl/α,β-unsaturated/α-hetero) is 1.